The molecule has 0 saturated carbocycles. The van der Waals surface area contributed by atoms with Gasteiger partial charge in [-0.05, 0) is 32.8 Å². The molecule has 1 unspecified atom stereocenters. The smallest absolute Gasteiger partial charge is 0.246 e. The molecular formula is C20H22N6OS2. The van der Waals surface area contributed by atoms with Gasteiger partial charge in [0.1, 0.15) is 0 Å². The first-order chi connectivity index (χ1) is 14.1. The first-order valence-corrected chi connectivity index (χ1v) is 11.2. The van der Waals surface area contributed by atoms with Crippen molar-refractivity contribution in [3.63, 3.8) is 0 Å². The Labute approximate surface area is 177 Å². The van der Waals surface area contributed by atoms with Gasteiger partial charge >= 0.3 is 0 Å². The number of aromatic nitrogens is 4. The van der Waals surface area contributed by atoms with Gasteiger partial charge in [0.25, 0.3) is 0 Å². The monoisotopic (exact) mass is 426 g/mol. The Kier molecular flexibility index (Phi) is 5.96. The van der Waals surface area contributed by atoms with Crippen LogP contribution in [0.3, 0.4) is 0 Å². The predicted molar refractivity (Wildman–Crippen MR) is 117 cm³/mol. The summed E-state index contributed by atoms with van der Waals surface area (Å²) in [4.78, 5) is 32.5. The molecule has 4 heterocycles. The van der Waals surface area contributed by atoms with E-state index in [0.717, 1.165) is 52.4 Å². The molecule has 3 aromatic rings. The largest absolute Gasteiger partial charge is 0.338 e. The van der Waals surface area contributed by atoms with Crippen LogP contribution in [-0.2, 0) is 4.79 Å². The molecule has 7 nitrogen and oxygen atoms in total. The molecule has 29 heavy (non-hydrogen) atoms. The van der Waals surface area contributed by atoms with Gasteiger partial charge in [0.15, 0.2) is 10.9 Å². The Morgan fingerprint density at radius 1 is 1.21 bits per heavy atom. The van der Waals surface area contributed by atoms with E-state index in [1.807, 2.05) is 29.5 Å². The topological polar surface area (TPSA) is 83.9 Å². The molecule has 1 fully saturated rings. The predicted octanol–water partition coefficient (Wildman–Crippen LogP) is 4.17. The van der Waals surface area contributed by atoms with Crippen molar-refractivity contribution in [2.75, 3.05) is 18.4 Å². The number of likely N-dealkylation sites (tertiary alicyclic amines) is 1. The second kappa shape index (κ2) is 8.79. The average molecular weight is 427 g/mol. The van der Waals surface area contributed by atoms with Crippen LogP contribution in [0.2, 0.25) is 0 Å². The maximum Gasteiger partial charge on any atom is 0.246 e. The molecule has 9 heteroatoms. The van der Waals surface area contributed by atoms with Crippen LogP contribution >= 0.6 is 22.7 Å². The Bertz CT molecular complexity index is 1030. The molecule has 4 rings (SSSR count). The van der Waals surface area contributed by atoms with E-state index in [2.05, 4.69) is 25.3 Å². The summed E-state index contributed by atoms with van der Waals surface area (Å²) >= 11 is 3.12. The third kappa shape index (κ3) is 4.86. The maximum absolute atomic E-state index is 12.7. The van der Waals surface area contributed by atoms with E-state index in [9.17, 15) is 4.79 Å². The maximum atomic E-state index is 12.7. The van der Waals surface area contributed by atoms with Crippen molar-refractivity contribution in [2.45, 2.75) is 32.6 Å². The highest BCUT2D eigenvalue weighted by molar-refractivity contribution is 7.13. The van der Waals surface area contributed by atoms with Crippen molar-refractivity contribution in [3.8, 4) is 0 Å². The van der Waals surface area contributed by atoms with Gasteiger partial charge < -0.3 is 10.2 Å². The number of anilines is 2. The number of carbonyl (C=O) groups excluding carboxylic acids is 1. The minimum atomic E-state index is 0.00861. The molecule has 1 N–H and O–H groups in total. The van der Waals surface area contributed by atoms with E-state index in [1.54, 1.807) is 47.2 Å². The first-order valence-electron chi connectivity index (χ1n) is 9.47. The van der Waals surface area contributed by atoms with Crippen molar-refractivity contribution >= 4 is 45.6 Å². The zero-order chi connectivity index (χ0) is 20.2. The molecule has 0 bridgehead atoms. The van der Waals surface area contributed by atoms with E-state index in [4.69, 9.17) is 0 Å². The molecule has 0 aromatic carbocycles. The van der Waals surface area contributed by atoms with Gasteiger partial charge in [0.05, 0.1) is 22.1 Å². The second-order valence-corrected chi connectivity index (χ2v) is 8.88. The van der Waals surface area contributed by atoms with E-state index < -0.39 is 0 Å². The molecule has 150 valence electrons. The Hall–Kier alpha value is -2.65. The van der Waals surface area contributed by atoms with Crippen LogP contribution in [0.4, 0.5) is 10.9 Å². The summed E-state index contributed by atoms with van der Waals surface area (Å²) in [5.74, 6) is 0.865. The highest BCUT2D eigenvalue weighted by Crippen LogP contribution is 2.31. The number of nitrogens with zero attached hydrogens (tertiary/aromatic N) is 5. The summed E-state index contributed by atoms with van der Waals surface area (Å²) in [7, 11) is 0. The number of carbonyl (C=O) groups is 1. The molecule has 1 saturated heterocycles. The standard InChI is InChI=1S/C20H22N6OS2/c1-13-11-29-20(23-13)25-19-18(21-7-8-22-19)15-4-3-9-26(10-15)17(27)6-5-16-12-28-14(2)24-16/h5-8,11-12,15H,3-4,9-10H2,1-2H3,(H,22,23,25)/b6-5+. The van der Waals surface area contributed by atoms with Crippen molar-refractivity contribution in [3.05, 3.63) is 51.3 Å². The summed E-state index contributed by atoms with van der Waals surface area (Å²) < 4.78 is 0. The Morgan fingerprint density at radius 3 is 2.83 bits per heavy atom. The van der Waals surface area contributed by atoms with Crippen LogP contribution in [0.5, 0.6) is 0 Å². The van der Waals surface area contributed by atoms with Gasteiger partial charge in [-0.3, -0.25) is 9.78 Å². The fourth-order valence-electron chi connectivity index (χ4n) is 3.38. The number of thiazole rings is 2. The molecule has 0 spiro atoms. The molecule has 0 aliphatic carbocycles. The number of piperidine rings is 1. The summed E-state index contributed by atoms with van der Waals surface area (Å²) in [6.45, 7) is 5.30. The van der Waals surface area contributed by atoms with Gasteiger partial charge in [0, 0.05) is 48.2 Å². The van der Waals surface area contributed by atoms with Crippen LogP contribution in [0, 0.1) is 13.8 Å². The summed E-state index contributed by atoms with van der Waals surface area (Å²) in [5, 5.41) is 9.04. The van der Waals surface area contributed by atoms with Crippen molar-refractivity contribution < 1.29 is 4.79 Å². The van der Waals surface area contributed by atoms with E-state index in [-0.39, 0.29) is 11.8 Å². The molecule has 1 aliphatic heterocycles. The number of amides is 1. The van der Waals surface area contributed by atoms with Gasteiger partial charge in [-0.25, -0.2) is 15.0 Å². The third-order valence-electron chi connectivity index (χ3n) is 4.72. The fourth-order valence-corrected chi connectivity index (χ4v) is 4.64. The Balaban J connectivity index is 1.47. The minimum Gasteiger partial charge on any atom is -0.338 e. The number of hydrogen-bond donors (Lipinski definition) is 1. The van der Waals surface area contributed by atoms with E-state index in [0.29, 0.717) is 6.54 Å². The molecule has 1 aliphatic rings. The van der Waals surface area contributed by atoms with Crippen LogP contribution in [0.1, 0.15) is 40.8 Å². The normalized spacial score (nSPS) is 17.0. The van der Waals surface area contributed by atoms with Gasteiger partial charge in [-0.2, -0.15) is 0 Å². The van der Waals surface area contributed by atoms with Crippen LogP contribution in [-0.4, -0.2) is 43.8 Å². The zero-order valence-electron chi connectivity index (χ0n) is 16.3. The minimum absolute atomic E-state index is 0.00861. The quantitative estimate of drug-likeness (QED) is 0.617. The highest BCUT2D eigenvalue weighted by Gasteiger charge is 2.27. The highest BCUT2D eigenvalue weighted by atomic mass is 32.1. The van der Waals surface area contributed by atoms with Crippen LogP contribution in [0.25, 0.3) is 6.08 Å². The summed E-state index contributed by atoms with van der Waals surface area (Å²) in [6.07, 6.45) is 8.70. The van der Waals surface area contributed by atoms with Crippen LogP contribution in [0.15, 0.2) is 29.2 Å². The third-order valence-corrected chi connectivity index (χ3v) is 6.39. The zero-order valence-corrected chi connectivity index (χ0v) is 18.0. The number of rotatable bonds is 5. The van der Waals surface area contributed by atoms with Crippen molar-refractivity contribution in [1.29, 1.82) is 0 Å². The van der Waals surface area contributed by atoms with E-state index in [1.165, 1.54) is 0 Å². The SMILES string of the molecule is Cc1csc(Nc2nccnc2C2CCCN(C(=O)/C=C/c3csc(C)n3)C2)n1. The average Bonchev–Trinajstić information content (AvgIpc) is 3.34. The van der Waals surface area contributed by atoms with Gasteiger partial charge in [-0.1, -0.05) is 0 Å². The number of hydrogen-bond acceptors (Lipinski definition) is 8. The van der Waals surface area contributed by atoms with Gasteiger partial charge in [0.2, 0.25) is 5.91 Å². The molecule has 1 amide bonds. The van der Waals surface area contributed by atoms with Gasteiger partial charge in [-0.15, -0.1) is 22.7 Å². The number of aryl methyl sites for hydroxylation is 2. The fraction of sp³-hybridized carbons (Fsp3) is 0.350. The van der Waals surface area contributed by atoms with E-state index >= 15 is 0 Å². The van der Waals surface area contributed by atoms with Crippen molar-refractivity contribution in [2.24, 2.45) is 0 Å². The molecule has 3 aromatic heterocycles. The van der Waals surface area contributed by atoms with Crippen LogP contribution < -0.4 is 5.32 Å². The lowest BCUT2D eigenvalue weighted by molar-refractivity contribution is -0.127. The second-order valence-electron chi connectivity index (χ2n) is 6.96. The lowest BCUT2D eigenvalue weighted by Crippen LogP contribution is -2.38. The lowest BCUT2D eigenvalue weighted by Gasteiger charge is -2.32. The van der Waals surface area contributed by atoms with Crippen molar-refractivity contribution in [1.82, 2.24) is 24.8 Å². The summed E-state index contributed by atoms with van der Waals surface area (Å²) in [5.41, 5.74) is 2.69. The number of nitrogens with one attached hydrogen (secondary N) is 1. The molecular weight excluding hydrogens is 404 g/mol. The lowest BCUT2D eigenvalue weighted by atomic mass is 9.94. The Morgan fingerprint density at radius 2 is 2.07 bits per heavy atom. The first kappa shape index (κ1) is 19.7. The molecule has 1 atom stereocenters. The summed E-state index contributed by atoms with van der Waals surface area (Å²) in [6, 6.07) is 0. The molecule has 0 radical (unpaired) electrons.